The highest BCUT2D eigenvalue weighted by molar-refractivity contribution is 8.76. The summed E-state index contributed by atoms with van der Waals surface area (Å²) >= 11 is 0. The Kier molecular flexibility index (Phi) is 40.6. The Morgan fingerprint density at radius 2 is 1.05 bits per heavy atom. The van der Waals surface area contributed by atoms with E-state index in [1.54, 1.807) is 62.4 Å². The molecule has 50 heteroatoms. The summed E-state index contributed by atoms with van der Waals surface area (Å²) in [4.78, 5) is 293. The predicted molar refractivity (Wildman–Crippen MR) is 465 cm³/mol. The number of imidazole rings is 1. The molecule has 6 rings (SSSR count). The highest BCUT2D eigenvalue weighted by Crippen LogP contribution is 2.26. The van der Waals surface area contributed by atoms with Crippen molar-refractivity contribution in [2.24, 2.45) is 40.5 Å². The van der Waals surface area contributed by atoms with Crippen molar-refractivity contribution in [1.82, 2.24) is 105 Å². The molecule has 129 heavy (non-hydrogen) atoms. The first-order chi connectivity index (χ1) is 60.9. The lowest BCUT2D eigenvalue weighted by atomic mass is 9.99. The number of aromatic nitrogens is 4. The van der Waals surface area contributed by atoms with Crippen LogP contribution in [0, 0.1) is 17.2 Å². The van der Waals surface area contributed by atoms with Crippen LogP contribution in [0.3, 0.4) is 0 Å². The van der Waals surface area contributed by atoms with E-state index in [1.165, 1.54) is 45.7 Å². The molecule has 0 unspecified atom stereocenters. The molecule has 1 saturated heterocycles. The van der Waals surface area contributed by atoms with Crippen molar-refractivity contribution < 1.29 is 106 Å². The zero-order valence-corrected chi connectivity index (χ0v) is 73.2. The van der Waals surface area contributed by atoms with Crippen molar-refractivity contribution >= 4 is 168 Å². The molecule has 1 fully saturated rings. The second-order valence-electron chi connectivity index (χ2n) is 31.3. The number of rotatable bonds is 33. The number of aliphatic carboxylic acids is 1. The van der Waals surface area contributed by atoms with Crippen molar-refractivity contribution in [1.29, 1.82) is 5.41 Å². The molecule has 5 aromatic rings. The Bertz CT molecular complexity index is 4890. The Morgan fingerprint density at radius 1 is 0.550 bits per heavy atom. The molecule has 15 atom stereocenters. The topological polar surface area (TPSA) is 789 Å². The number of benzene rings is 2. The molecule has 0 aliphatic carbocycles. The molecular formula is C79H112N26O22S2. The van der Waals surface area contributed by atoms with E-state index in [0.29, 0.717) is 54.5 Å². The molecule has 4 heterocycles. The predicted octanol–water partition coefficient (Wildman–Crippen LogP) is -7.94. The molecule has 0 radical (unpaired) electrons. The standard InChI is InChI=1S/C79H112N26O22S2/c1-35(2)21-49(97-74(123)54(26-60(82)110)99-73(122)53(25-59(81)109)93-39(7)107)70(119)103-56-32-128-129-33-57(77(126)105-64(38(6)106)65(83)114)102-68(117)47(17-12-20-87-79(84)85)94-72(121)52(24-42-30-86-34-91-42)96-66(115)37(5)92-61(111)31-90-67(116)50(22-40-28-88-45-15-10-8-13-43(40)45)98-75(124)55(27-62(112)113)100-69(118)48(18-19-58(80)108)95-71(120)51(101-78(127)63(36(3)4)104-76(56)125)23-41-29-89-46-16-11-9-14-44(41)46/h8-11,13-16,28-30,34-38,47-57,63-64,88-89,106H,12,17-27,31-33H2,1-7H3,(H2,80,108)(H2,81,109)(H2,82,110)(H2,83,114)(H,86,91)(H,90,116)(H,92,111)(H,93,107)(H,94,121)(H,95,120)(H,96,115)(H,97,123)(H,98,124)(H,99,122)(H,100,118)(H,101,127)(H,102,117)(H,103,119)(H,104,125)(H,105,126)(H,112,113)(H4,84,85,87)/t37-,38+,47-,48-,49-,50-,51-,52-,53-,54-,55-,56-,57-,63-,64-/m0/s1. The summed E-state index contributed by atoms with van der Waals surface area (Å²) in [7, 11) is 1.40. The number of aliphatic hydroxyl groups excluding tert-OH is 1. The lowest BCUT2D eigenvalue weighted by Gasteiger charge is -2.29. The smallest absolute Gasteiger partial charge is 0.305 e. The van der Waals surface area contributed by atoms with Gasteiger partial charge in [0, 0.05) is 96.7 Å². The van der Waals surface area contributed by atoms with E-state index >= 15 is 19.2 Å². The Balaban J connectivity index is 1.52. The summed E-state index contributed by atoms with van der Waals surface area (Å²) in [6, 6.07) is -11.7. The average molecular weight is 1840 g/mol. The van der Waals surface area contributed by atoms with Crippen LogP contribution in [0.25, 0.3) is 21.8 Å². The number of H-pyrrole nitrogens is 3. The van der Waals surface area contributed by atoms with Crippen LogP contribution in [0.1, 0.15) is 117 Å². The Hall–Kier alpha value is -13.9. The maximum atomic E-state index is 15.4. The molecule has 0 saturated carbocycles. The minimum Gasteiger partial charge on any atom is -0.481 e. The number of carbonyl (C=O) groups is 20. The lowest BCUT2D eigenvalue weighted by Crippen LogP contribution is -2.62. The van der Waals surface area contributed by atoms with Crippen LogP contribution in [0.4, 0.5) is 0 Å². The molecule has 19 amide bonds. The maximum absolute atomic E-state index is 15.4. The third kappa shape index (κ3) is 34.1. The summed E-state index contributed by atoms with van der Waals surface area (Å²) in [6.07, 6.45) is -2.26. The molecule has 0 bridgehead atoms. The number of carbonyl (C=O) groups excluding carboxylic acids is 19. The second-order valence-corrected chi connectivity index (χ2v) is 33.8. The van der Waals surface area contributed by atoms with Gasteiger partial charge in [-0.05, 0) is 74.6 Å². The number of amides is 19. The van der Waals surface area contributed by atoms with Crippen LogP contribution in [0.2, 0.25) is 0 Å². The highest BCUT2D eigenvalue weighted by atomic mass is 33.1. The third-order valence-electron chi connectivity index (χ3n) is 19.8. The van der Waals surface area contributed by atoms with Crippen LogP contribution in [0.15, 0.2) is 73.4 Å². The normalized spacial score (nSPS) is 21.4. The molecule has 1 aliphatic rings. The molecule has 0 spiro atoms. The van der Waals surface area contributed by atoms with Crippen LogP contribution in [0.5, 0.6) is 0 Å². The van der Waals surface area contributed by atoms with Crippen molar-refractivity contribution in [3.8, 4) is 0 Å². The maximum Gasteiger partial charge on any atom is 0.305 e. The zero-order valence-electron chi connectivity index (χ0n) is 71.6. The number of nitrogens with one attached hydrogen (secondary N) is 20. The van der Waals surface area contributed by atoms with Crippen molar-refractivity contribution in [3.05, 3.63) is 90.3 Å². The van der Waals surface area contributed by atoms with Crippen molar-refractivity contribution in [3.63, 3.8) is 0 Å². The van der Waals surface area contributed by atoms with Gasteiger partial charge in [0.25, 0.3) is 0 Å². The number of hydrogen-bond acceptors (Lipinski definition) is 25. The number of nitrogens with two attached hydrogens (primary N) is 5. The number of fused-ring (bicyclic) bond motifs is 2. The number of primary amides is 4. The van der Waals surface area contributed by atoms with Gasteiger partial charge >= 0.3 is 5.97 Å². The molecule has 2 aromatic carbocycles. The lowest BCUT2D eigenvalue weighted by molar-refractivity contribution is -0.141. The summed E-state index contributed by atoms with van der Waals surface area (Å²) in [5, 5.41) is 68.8. The van der Waals surface area contributed by atoms with Gasteiger partial charge in [-0.1, -0.05) is 85.7 Å². The first kappa shape index (κ1) is 104. The van der Waals surface area contributed by atoms with Gasteiger partial charge in [-0.3, -0.25) is 101 Å². The second kappa shape index (κ2) is 50.4. The van der Waals surface area contributed by atoms with Crippen LogP contribution in [-0.4, -0.2) is 270 Å². The van der Waals surface area contributed by atoms with Gasteiger partial charge in [0.05, 0.1) is 38.2 Å². The fourth-order valence-corrected chi connectivity index (χ4v) is 15.6. The van der Waals surface area contributed by atoms with Crippen LogP contribution in [-0.2, 0) is 115 Å². The largest absolute Gasteiger partial charge is 0.481 e. The van der Waals surface area contributed by atoms with E-state index in [2.05, 4.69) is 105 Å². The quantitative estimate of drug-likeness (QED) is 0.00803. The van der Waals surface area contributed by atoms with E-state index in [1.807, 2.05) is 0 Å². The fourth-order valence-electron chi connectivity index (χ4n) is 13.2. The van der Waals surface area contributed by atoms with E-state index < -0.39 is 283 Å². The SMILES string of the molecule is CC(=O)N[C@@H](CC(N)=O)C(=O)N[C@@H](CC(N)=O)C(=O)N[C@@H](CC(C)C)C(=O)N[C@H]1CSSC[C@@H](C(=O)N[C@H](C(N)=O)[C@@H](C)O)NC(=O)[C@H](CCCNC(=N)N)NC(=O)[C@H](Cc2cnc[nH]2)NC(=O)[C@H](C)NC(=O)CNC(=O)[C@H](Cc2c[nH]c3ccccc23)NC(=O)[C@H](CC(=O)O)NC(=O)[C@H](CCC(N)=O)NC(=O)[C@H](Cc2c[nH]c3ccccc23)NC(=O)[C@H](C(C)C)NC1=O. The van der Waals surface area contributed by atoms with Gasteiger partial charge in [-0.25, -0.2) is 4.98 Å². The van der Waals surface area contributed by atoms with Gasteiger partial charge in [-0.15, -0.1) is 0 Å². The van der Waals surface area contributed by atoms with E-state index in [4.69, 9.17) is 34.1 Å². The van der Waals surface area contributed by atoms with E-state index in [-0.39, 0.29) is 44.3 Å². The number of guanidine groups is 1. The molecular weight excluding hydrogens is 1730 g/mol. The number of aromatic amines is 3. The first-order valence-corrected chi connectivity index (χ1v) is 43.3. The van der Waals surface area contributed by atoms with Crippen LogP contribution >= 0.6 is 21.6 Å². The third-order valence-corrected chi connectivity index (χ3v) is 22.3. The molecule has 1 aliphatic heterocycles. The number of carboxylic acids is 1. The number of nitrogens with zero attached hydrogens (tertiary/aromatic N) is 1. The fraction of sp³-hybridized carbons (Fsp3) is 0.494. The summed E-state index contributed by atoms with van der Waals surface area (Å²) in [5.74, 6) is -26.6. The Morgan fingerprint density at radius 3 is 1.58 bits per heavy atom. The number of carboxylic acid groups (broad SMARTS) is 1. The average Bonchev–Trinajstić information content (AvgIpc) is 1.71. The highest BCUT2D eigenvalue weighted by Gasteiger charge is 2.40. The zero-order chi connectivity index (χ0) is 95.6. The molecule has 3 aromatic heterocycles. The van der Waals surface area contributed by atoms with Gasteiger partial charge in [-0.2, -0.15) is 0 Å². The summed E-state index contributed by atoms with van der Waals surface area (Å²) in [5.41, 5.74) is 29.7. The summed E-state index contributed by atoms with van der Waals surface area (Å²) in [6.45, 7) is 8.42. The van der Waals surface area contributed by atoms with Gasteiger partial charge in [0.15, 0.2) is 5.96 Å². The van der Waals surface area contributed by atoms with Crippen LogP contribution < -0.4 is 114 Å². The Labute approximate surface area is 745 Å². The van der Waals surface area contributed by atoms with Crippen molar-refractivity contribution in [2.75, 3.05) is 24.6 Å². The van der Waals surface area contributed by atoms with E-state index in [9.17, 15) is 86.9 Å². The van der Waals surface area contributed by atoms with Crippen molar-refractivity contribution in [2.45, 2.75) is 210 Å². The van der Waals surface area contributed by atoms with E-state index in [0.717, 1.165) is 13.8 Å². The van der Waals surface area contributed by atoms with Gasteiger partial charge < -0.3 is 139 Å². The number of hydrogen-bond donors (Lipinski definition) is 27. The molecule has 32 N–H and O–H groups in total. The molecule has 48 nitrogen and oxygen atoms in total. The minimum absolute atomic E-state index is 0.0670. The first-order valence-electron chi connectivity index (χ1n) is 40.8. The minimum atomic E-state index is -2.12. The molecule has 702 valence electrons. The number of para-hydroxylation sites is 2. The van der Waals surface area contributed by atoms with Gasteiger partial charge in [0.2, 0.25) is 112 Å². The number of aliphatic hydroxyl groups is 1. The van der Waals surface area contributed by atoms with Gasteiger partial charge in [0.1, 0.15) is 84.6 Å². The summed E-state index contributed by atoms with van der Waals surface area (Å²) < 4.78 is 0. The monoisotopic (exact) mass is 1840 g/mol.